The first-order valence-electron chi connectivity index (χ1n) is 14.1. The van der Waals surface area contributed by atoms with E-state index in [0.717, 1.165) is 78.7 Å². The SMILES string of the molecule is C=C(O)c1cc(CNC(=O)C2=C(CCCOc3cc(C)c(Cl)c(C)c3)c3cccc(-c4c(C)nn(C)c4C)c3C2)c[nH]1. The fourth-order valence-corrected chi connectivity index (χ4v) is 5.94. The molecule has 42 heavy (non-hydrogen) atoms. The molecule has 0 unspecified atom stereocenters. The summed E-state index contributed by atoms with van der Waals surface area (Å²) in [5, 5.41) is 18.1. The summed E-state index contributed by atoms with van der Waals surface area (Å²) in [6, 6.07) is 12.0. The molecular weight excluding hydrogens is 548 g/mol. The minimum absolute atomic E-state index is 0.0385. The Morgan fingerprint density at radius 2 is 1.88 bits per heavy atom. The van der Waals surface area contributed by atoms with Gasteiger partial charge in [0, 0.05) is 48.1 Å². The number of fused-ring (bicyclic) bond motifs is 1. The summed E-state index contributed by atoms with van der Waals surface area (Å²) in [5.74, 6) is 0.667. The standard InChI is InChI=1S/C34H37ClN4O3/c1-19-13-25(14-20(2)33(19)35)42-12-8-11-27-26-9-7-10-28(32-21(3)38-39(6)22(32)4)29(26)16-30(27)34(41)37-18-24-15-31(23(5)40)36-17-24/h7,9-10,13-15,17,36,40H,5,8,11-12,16,18H2,1-4,6H3,(H,37,41). The van der Waals surface area contributed by atoms with Gasteiger partial charge in [0.25, 0.3) is 0 Å². The Kier molecular flexibility index (Phi) is 8.32. The monoisotopic (exact) mass is 584 g/mol. The van der Waals surface area contributed by atoms with Crippen molar-refractivity contribution in [2.75, 3.05) is 6.61 Å². The number of hydrogen-bond donors (Lipinski definition) is 3. The lowest BCUT2D eigenvalue weighted by Gasteiger charge is -2.13. The van der Waals surface area contributed by atoms with Crippen molar-refractivity contribution in [2.45, 2.75) is 53.5 Å². The smallest absolute Gasteiger partial charge is 0.248 e. The van der Waals surface area contributed by atoms with E-state index in [9.17, 15) is 9.90 Å². The van der Waals surface area contributed by atoms with Crippen LogP contribution in [0.4, 0.5) is 0 Å². The zero-order chi connectivity index (χ0) is 30.1. The van der Waals surface area contributed by atoms with Crippen LogP contribution in [-0.2, 0) is 24.8 Å². The lowest BCUT2D eigenvalue weighted by atomic mass is 9.93. The molecule has 2 heterocycles. The van der Waals surface area contributed by atoms with Crippen LogP contribution in [0.5, 0.6) is 5.75 Å². The topological polar surface area (TPSA) is 92.2 Å². The van der Waals surface area contributed by atoms with Crippen molar-refractivity contribution >= 4 is 28.8 Å². The van der Waals surface area contributed by atoms with Gasteiger partial charge in [-0.05, 0) is 97.7 Å². The number of H-pyrrole nitrogens is 1. The van der Waals surface area contributed by atoms with E-state index < -0.39 is 0 Å². The molecule has 1 aliphatic carbocycles. The average Bonchev–Trinajstić information content (AvgIpc) is 3.64. The van der Waals surface area contributed by atoms with Crippen LogP contribution in [0.25, 0.3) is 22.5 Å². The van der Waals surface area contributed by atoms with Gasteiger partial charge in [-0.3, -0.25) is 9.48 Å². The van der Waals surface area contributed by atoms with Crippen molar-refractivity contribution in [1.82, 2.24) is 20.1 Å². The summed E-state index contributed by atoms with van der Waals surface area (Å²) in [6.07, 6.45) is 3.76. The summed E-state index contributed by atoms with van der Waals surface area (Å²) >= 11 is 6.33. The van der Waals surface area contributed by atoms with Crippen LogP contribution in [0, 0.1) is 27.7 Å². The minimum Gasteiger partial charge on any atom is -0.506 e. The molecule has 0 saturated carbocycles. The lowest BCUT2D eigenvalue weighted by molar-refractivity contribution is -0.117. The Hall–Kier alpha value is -4.23. The Balaban J connectivity index is 1.40. The van der Waals surface area contributed by atoms with E-state index in [1.165, 1.54) is 0 Å². The highest BCUT2D eigenvalue weighted by molar-refractivity contribution is 6.32. The Bertz CT molecular complexity index is 1700. The number of aromatic nitrogens is 3. The molecule has 2 aromatic carbocycles. The second-order valence-corrected chi connectivity index (χ2v) is 11.4. The summed E-state index contributed by atoms with van der Waals surface area (Å²) < 4.78 is 8.00. The summed E-state index contributed by atoms with van der Waals surface area (Å²) in [5.41, 5.74) is 11.8. The maximum atomic E-state index is 13.7. The van der Waals surface area contributed by atoms with Gasteiger partial charge in [0.1, 0.15) is 11.5 Å². The van der Waals surface area contributed by atoms with Crippen LogP contribution in [0.1, 0.15) is 57.7 Å². The number of carbonyl (C=O) groups is 1. The first kappa shape index (κ1) is 29.3. The van der Waals surface area contributed by atoms with Crippen LogP contribution in [0.3, 0.4) is 0 Å². The molecule has 0 spiro atoms. The van der Waals surface area contributed by atoms with Crippen LogP contribution < -0.4 is 10.1 Å². The number of nitrogens with one attached hydrogen (secondary N) is 2. The minimum atomic E-state index is -0.0952. The number of allylic oxidation sites excluding steroid dienone is 1. The van der Waals surface area contributed by atoms with Crippen molar-refractivity contribution in [3.05, 3.63) is 105 Å². The normalized spacial score (nSPS) is 12.5. The number of aromatic amines is 1. The number of halogens is 1. The third-order valence-corrected chi connectivity index (χ3v) is 8.62. The highest BCUT2D eigenvalue weighted by atomic mass is 35.5. The molecule has 0 radical (unpaired) electrons. The number of aliphatic hydroxyl groups excluding tert-OH is 1. The molecule has 0 fully saturated rings. The van der Waals surface area contributed by atoms with Crippen LogP contribution >= 0.6 is 11.6 Å². The molecule has 4 aromatic rings. The van der Waals surface area contributed by atoms with Crippen molar-refractivity contribution < 1.29 is 14.6 Å². The molecule has 2 aromatic heterocycles. The van der Waals surface area contributed by atoms with E-state index in [2.05, 4.69) is 47.1 Å². The maximum Gasteiger partial charge on any atom is 0.248 e. The number of rotatable bonds is 10. The van der Waals surface area contributed by atoms with Gasteiger partial charge in [0.05, 0.1) is 18.0 Å². The van der Waals surface area contributed by atoms with Gasteiger partial charge in [-0.1, -0.05) is 36.4 Å². The average molecular weight is 585 g/mol. The van der Waals surface area contributed by atoms with Gasteiger partial charge in [-0.25, -0.2) is 0 Å². The molecule has 8 heteroatoms. The van der Waals surface area contributed by atoms with Gasteiger partial charge in [-0.2, -0.15) is 5.10 Å². The predicted octanol–water partition coefficient (Wildman–Crippen LogP) is 7.32. The summed E-state index contributed by atoms with van der Waals surface area (Å²) in [7, 11) is 1.96. The van der Waals surface area contributed by atoms with Crippen molar-refractivity contribution in [3.8, 4) is 16.9 Å². The van der Waals surface area contributed by atoms with E-state index in [0.29, 0.717) is 31.7 Å². The van der Waals surface area contributed by atoms with Gasteiger partial charge < -0.3 is 20.1 Å². The molecule has 7 nitrogen and oxygen atoms in total. The first-order valence-corrected chi connectivity index (χ1v) is 14.5. The number of amides is 1. The molecular formula is C34H37ClN4O3. The van der Waals surface area contributed by atoms with E-state index in [4.69, 9.17) is 16.3 Å². The molecule has 1 aliphatic rings. The second kappa shape index (κ2) is 11.9. The van der Waals surface area contributed by atoms with Crippen LogP contribution in [-0.4, -0.2) is 32.4 Å². The number of aryl methyl sites for hydroxylation is 4. The van der Waals surface area contributed by atoms with Gasteiger partial charge >= 0.3 is 0 Å². The van der Waals surface area contributed by atoms with E-state index >= 15 is 0 Å². The molecule has 5 rings (SSSR count). The number of hydrogen-bond acceptors (Lipinski definition) is 4. The van der Waals surface area contributed by atoms with Crippen molar-refractivity contribution in [1.29, 1.82) is 0 Å². The van der Waals surface area contributed by atoms with Gasteiger partial charge in [0.2, 0.25) is 5.91 Å². The number of nitrogens with zero attached hydrogens (tertiary/aromatic N) is 2. The molecule has 0 saturated heterocycles. The van der Waals surface area contributed by atoms with Crippen molar-refractivity contribution in [3.63, 3.8) is 0 Å². The predicted molar refractivity (Wildman–Crippen MR) is 169 cm³/mol. The maximum absolute atomic E-state index is 13.7. The molecule has 3 N–H and O–H groups in total. The largest absolute Gasteiger partial charge is 0.506 e. The van der Waals surface area contributed by atoms with E-state index in [1.54, 1.807) is 12.3 Å². The number of ether oxygens (including phenoxy) is 1. The quantitative estimate of drug-likeness (QED) is 0.134. The van der Waals surface area contributed by atoms with E-state index in [1.807, 2.05) is 44.6 Å². The fourth-order valence-electron chi connectivity index (χ4n) is 5.83. The Morgan fingerprint density at radius 1 is 1.17 bits per heavy atom. The zero-order valence-electron chi connectivity index (χ0n) is 24.8. The number of benzene rings is 2. The molecule has 218 valence electrons. The first-order chi connectivity index (χ1) is 20.0. The fraction of sp³-hybridized carbons (Fsp3) is 0.294. The third-order valence-electron chi connectivity index (χ3n) is 8.03. The van der Waals surface area contributed by atoms with Gasteiger partial charge in [-0.15, -0.1) is 0 Å². The summed E-state index contributed by atoms with van der Waals surface area (Å²) in [6.45, 7) is 12.5. The number of carbonyl (C=O) groups excluding carboxylic acids is 1. The van der Waals surface area contributed by atoms with Crippen LogP contribution in [0.2, 0.25) is 5.02 Å². The zero-order valence-corrected chi connectivity index (χ0v) is 25.6. The Morgan fingerprint density at radius 3 is 2.52 bits per heavy atom. The van der Waals surface area contributed by atoms with Gasteiger partial charge in [0.15, 0.2) is 0 Å². The Labute approximate surface area is 251 Å². The second-order valence-electron chi connectivity index (χ2n) is 11.0. The molecule has 1 amide bonds. The van der Waals surface area contributed by atoms with Crippen molar-refractivity contribution in [2.24, 2.45) is 7.05 Å². The molecule has 0 aliphatic heterocycles. The molecule has 0 atom stereocenters. The third kappa shape index (κ3) is 5.74. The highest BCUT2D eigenvalue weighted by Crippen LogP contribution is 2.42. The summed E-state index contributed by atoms with van der Waals surface area (Å²) in [4.78, 5) is 16.7. The molecule has 0 bridgehead atoms. The van der Waals surface area contributed by atoms with Crippen LogP contribution in [0.15, 0.2) is 54.7 Å². The lowest BCUT2D eigenvalue weighted by Crippen LogP contribution is -2.25. The van der Waals surface area contributed by atoms with E-state index in [-0.39, 0.29) is 11.7 Å². The number of aliphatic hydroxyl groups is 1. The highest BCUT2D eigenvalue weighted by Gasteiger charge is 2.29.